The lowest BCUT2D eigenvalue weighted by atomic mass is 9.57. The number of likely N-dealkylation sites (N-methyl/N-ethyl adjacent to an activating group) is 1. The Labute approximate surface area is 233 Å². The summed E-state index contributed by atoms with van der Waals surface area (Å²) < 4.78 is 0. The number of phenolic OH excluding ortho intramolecular Hbond substituents is 1. The number of fused-ring (bicyclic) bond motifs is 3. The number of Topliss-reactive ketones (excluding diaryl/α,β-unsaturated/α-hetero) is 2. The molecule has 1 saturated carbocycles. The number of carbonyl (C=O) groups is 3. The largest absolute Gasteiger partial charge is 0.508 e. The molecule has 1 aromatic carbocycles. The first-order chi connectivity index (χ1) is 18.4. The molecule has 2 fully saturated rings. The average molecular weight is 554 g/mol. The number of aliphatic hydroxyl groups excluding tert-OH is 2. The van der Waals surface area contributed by atoms with E-state index in [4.69, 9.17) is 5.73 Å². The summed E-state index contributed by atoms with van der Waals surface area (Å²) in [5.41, 5.74) is 2.20. The number of aliphatic hydroxyl groups is 3. The Bertz CT molecular complexity index is 1380. The predicted octanol–water partition coefficient (Wildman–Crippen LogP) is 1.99. The summed E-state index contributed by atoms with van der Waals surface area (Å²) in [7, 11) is 3.82. The van der Waals surface area contributed by atoms with E-state index in [9.17, 15) is 34.8 Å². The van der Waals surface area contributed by atoms with Gasteiger partial charge < -0.3 is 26.2 Å². The fraction of sp³-hybridized carbons (Fsp3) is 0.567. The van der Waals surface area contributed by atoms with Crippen LogP contribution in [-0.4, -0.2) is 90.6 Å². The van der Waals surface area contributed by atoms with Gasteiger partial charge in [-0.1, -0.05) is 12.1 Å². The molecular formula is C30H39N3O7. The normalized spacial score (nSPS) is 32.1. The Balaban J connectivity index is 1.66. The van der Waals surface area contributed by atoms with E-state index in [1.54, 1.807) is 19.2 Å². The minimum atomic E-state index is -2.66. The standard InChI is InChI=1S/C30H39N3O7/c1-28(2)12-16(13-29(3,4)33(28)6)32(5)22-17-11-15-10-14-8-7-9-18(34)19(14)23(35)20(15)25(37)30(17,40)26(38)21(24(22)36)27(31)39/h7-9,15-17,22,34-35,38,40H,10-13H2,1-6H3,(H2,31,39)/t15-,17-,22+,30-/m0/s1. The van der Waals surface area contributed by atoms with Gasteiger partial charge in [0.05, 0.1) is 11.6 Å². The third kappa shape index (κ3) is 3.76. The van der Waals surface area contributed by atoms with Gasteiger partial charge >= 0.3 is 0 Å². The number of piperidine rings is 1. The number of hydrogen-bond donors (Lipinski definition) is 5. The number of carbonyl (C=O) groups excluding carboxylic acids is 3. The number of phenols is 1. The maximum absolute atomic E-state index is 14.1. The fourth-order valence-electron chi connectivity index (χ4n) is 7.89. The first-order valence-corrected chi connectivity index (χ1v) is 13.7. The van der Waals surface area contributed by atoms with Crippen molar-refractivity contribution in [1.82, 2.24) is 9.80 Å². The number of rotatable bonds is 3. The SMILES string of the molecule is CN(C1CC(C)(C)N(C)C(C)(C)C1)[C@H]1C(=O)C(C(N)=O)=C(O)[C@@]2(O)C(=O)C3=C(O)c4c(O)cccc4C[C@H]3C[C@@H]12. The molecule has 4 aliphatic rings. The Morgan fingerprint density at radius 2 is 1.68 bits per heavy atom. The van der Waals surface area contributed by atoms with E-state index in [2.05, 4.69) is 39.6 Å². The molecule has 4 atom stereocenters. The van der Waals surface area contributed by atoms with Crippen LogP contribution in [0, 0.1) is 11.8 Å². The molecule has 10 nitrogen and oxygen atoms in total. The van der Waals surface area contributed by atoms with Crippen LogP contribution in [0.2, 0.25) is 0 Å². The van der Waals surface area contributed by atoms with E-state index in [0.29, 0.717) is 18.4 Å². The van der Waals surface area contributed by atoms with Crippen LogP contribution in [0.4, 0.5) is 0 Å². The van der Waals surface area contributed by atoms with Crippen molar-refractivity contribution in [2.75, 3.05) is 14.1 Å². The number of amides is 1. The van der Waals surface area contributed by atoms with Crippen molar-refractivity contribution in [2.45, 2.75) is 82.1 Å². The number of nitrogens with zero attached hydrogens (tertiary/aromatic N) is 2. The highest BCUT2D eigenvalue weighted by Crippen LogP contribution is 2.53. The molecule has 0 spiro atoms. The first-order valence-electron chi connectivity index (χ1n) is 13.7. The summed E-state index contributed by atoms with van der Waals surface area (Å²) in [6, 6.07) is 3.50. The van der Waals surface area contributed by atoms with Gasteiger partial charge in [-0.25, -0.2) is 0 Å². The number of aromatic hydroxyl groups is 1. The van der Waals surface area contributed by atoms with Crippen LogP contribution in [0.1, 0.15) is 58.1 Å². The van der Waals surface area contributed by atoms with E-state index < -0.39 is 58.0 Å². The zero-order valence-corrected chi connectivity index (χ0v) is 23.9. The van der Waals surface area contributed by atoms with Crippen LogP contribution in [0.5, 0.6) is 5.75 Å². The summed E-state index contributed by atoms with van der Waals surface area (Å²) in [4.78, 5) is 44.7. The van der Waals surface area contributed by atoms with Crippen LogP contribution in [-0.2, 0) is 20.8 Å². The second kappa shape index (κ2) is 8.89. The number of nitrogens with two attached hydrogens (primary N) is 1. The van der Waals surface area contributed by atoms with Gasteiger partial charge in [-0.05, 0) is 85.0 Å². The summed E-state index contributed by atoms with van der Waals surface area (Å²) in [5.74, 6) is -6.41. The maximum Gasteiger partial charge on any atom is 0.255 e. The lowest BCUT2D eigenvalue weighted by Crippen LogP contribution is -2.69. The van der Waals surface area contributed by atoms with Gasteiger partial charge in [0.1, 0.15) is 22.8 Å². The molecule has 40 heavy (non-hydrogen) atoms. The van der Waals surface area contributed by atoms with Crippen molar-refractivity contribution in [3.63, 3.8) is 0 Å². The predicted molar refractivity (Wildman–Crippen MR) is 147 cm³/mol. The fourth-order valence-corrected chi connectivity index (χ4v) is 7.89. The van der Waals surface area contributed by atoms with Gasteiger partial charge in [0.2, 0.25) is 5.78 Å². The molecular weight excluding hydrogens is 514 g/mol. The van der Waals surface area contributed by atoms with Crippen LogP contribution < -0.4 is 5.73 Å². The third-order valence-corrected chi connectivity index (χ3v) is 10.2. The second-order valence-electron chi connectivity index (χ2n) is 13.2. The topological polar surface area (TPSA) is 165 Å². The molecule has 1 saturated heterocycles. The molecule has 0 aromatic heterocycles. The van der Waals surface area contributed by atoms with Crippen molar-refractivity contribution >= 4 is 23.2 Å². The summed E-state index contributed by atoms with van der Waals surface area (Å²) in [5, 5.41) is 44.8. The van der Waals surface area contributed by atoms with Gasteiger partial charge in [0.25, 0.3) is 5.91 Å². The molecule has 0 radical (unpaired) electrons. The minimum Gasteiger partial charge on any atom is -0.508 e. The highest BCUT2D eigenvalue weighted by molar-refractivity contribution is 6.24. The van der Waals surface area contributed by atoms with E-state index in [1.165, 1.54) is 6.07 Å². The lowest BCUT2D eigenvalue weighted by Gasteiger charge is -2.57. The highest BCUT2D eigenvalue weighted by Gasteiger charge is 2.65. The molecule has 0 bridgehead atoms. The molecule has 216 valence electrons. The summed E-state index contributed by atoms with van der Waals surface area (Å²) in [6.07, 6.45) is 1.71. The highest BCUT2D eigenvalue weighted by atomic mass is 16.3. The molecule has 5 rings (SSSR count). The van der Waals surface area contributed by atoms with Gasteiger partial charge in [-0.3, -0.25) is 24.2 Å². The Kier molecular flexibility index (Phi) is 6.30. The molecule has 1 heterocycles. The number of benzene rings is 1. The maximum atomic E-state index is 14.1. The second-order valence-corrected chi connectivity index (χ2v) is 13.2. The number of likely N-dealkylation sites (tertiary alicyclic amines) is 1. The Hall–Kier alpha value is -3.21. The van der Waals surface area contributed by atoms with Gasteiger partial charge in [0.15, 0.2) is 11.4 Å². The Morgan fingerprint density at radius 3 is 2.25 bits per heavy atom. The van der Waals surface area contributed by atoms with Crippen LogP contribution in [0.15, 0.2) is 35.1 Å². The van der Waals surface area contributed by atoms with Gasteiger partial charge in [0, 0.05) is 28.6 Å². The monoisotopic (exact) mass is 553 g/mol. The van der Waals surface area contributed by atoms with Crippen molar-refractivity contribution in [3.05, 3.63) is 46.2 Å². The summed E-state index contributed by atoms with van der Waals surface area (Å²) >= 11 is 0. The third-order valence-electron chi connectivity index (χ3n) is 10.2. The minimum absolute atomic E-state index is 0.0764. The summed E-state index contributed by atoms with van der Waals surface area (Å²) in [6.45, 7) is 8.47. The van der Waals surface area contributed by atoms with E-state index >= 15 is 0 Å². The molecule has 0 unspecified atom stereocenters. The van der Waals surface area contributed by atoms with E-state index in [0.717, 1.165) is 0 Å². The molecule has 1 aromatic rings. The van der Waals surface area contributed by atoms with Crippen molar-refractivity contribution in [3.8, 4) is 5.75 Å². The molecule has 3 aliphatic carbocycles. The number of ketones is 2. The Morgan fingerprint density at radius 1 is 1.07 bits per heavy atom. The first kappa shape index (κ1) is 28.3. The lowest BCUT2D eigenvalue weighted by molar-refractivity contribution is -0.157. The zero-order chi connectivity index (χ0) is 29.7. The number of hydrogen-bond acceptors (Lipinski definition) is 9. The van der Waals surface area contributed by atoms with E-state index in [-0.39, 0.29) is 46.8 Å². The zero-order valence-electron chi connectivity index (χ0n) is 23.9. The van der Waals surface area contributed by atoms with Gasteiger partial charge in [-0.15, -0.1) is 0 Å². The number of primary amides is 1. The van der Waals surface area contributed by atoms with Crippen LogP contribution in [0.3, 0.4) is 0 Å². The van der Waals surface area contributed by atoms with Crippen LogP contribution >= 0.6 is 0 Å². The quantitative estimate of drug-likeness (QED) is 0.352. The van der Waals surface area contributed by atoms with Gasteiger partial charge in [-0.2, -0.15) is 0 Å². The molecule has 1 amide bonds. The van der Waals surface area contributed by atoms with E-state index in [1.807, 2.05) is 4.90 Å². The van der Waals surface area contributed by atoms with Crippen molar-refractivity contribution in [2.24, 2.45) is 17.6 Å². The van der Waals surface area contributed by atoms with Crippen molar-refractivity contribution < 1.29 is 34.8 Å². The molecule has 6 N–H and O–H groups in total. The molecule has 1 aliphatic heterocycles. The van der Waals surface area contributed by atoms with Crippen molar-refractivity contribution in [1.29, 1.82) is 0 Å². The van der Waals surface area contributed by atoms with Crippen LogP contribution in [0.25, 0.3) is 5.76 Å². The smallest absolute Gasteiger partial charge is 0.255 e. The molecule has 10 heteroatoms. The average Bonchev–Trinajstić information content (AvgIpc) is 2.84.